The summed E-state index contributed by atoms with van der Waals surface area (Å²) in [5.74, 6) is 0. The van der Waals surface area contributed by atoms with Crippen molar-refractivity contribution in [1.29, 1.82) is 0 Å². The van der Waals surface area contributed by atoms with Crippen LogP contribution in [0, 0.1) is 0 Å². The predicted octanol–water partition coefficient (Wildman–Crippen LogP) is 5.06. The van der Waals surface area contributed by atoms with E-state index in [-0.39, 0.29) is 0 Å². The van der Waals surface area contributed by atoms with E-state index in [0.29, 0.717) is 6.04 Å². The van der Waals surface area contributed by atoms with E-state index >= 15 is 0 Å². The molecule has 90 valence electrons. The normalized spacial score (nSPS) is 12.7. The van der Waals surface area contributed by atoms with Gasteiger partial charge in [0, 0.05) is 11.6 Å². The highest BCUT2D eigenvalue weighted by Gasteiger charge is 2.16. The maximum Gasteiger partial charge on any atom is 0.0991 e. The Kier molecular flexibility index (Phi) is 6.44. The Morgan fingerprint density at radius 2 is 2.31 bits per heavy atom. The molecular weight excluding hydrogens is 261 g/mol. The summed E-state index contributed by atoms with van der Waals surface area (Å²) in [7, 11) is 0. The lowest BCUT2D eigenvalue weighted by atomic mass is 10.0. The van der Waals surface area contributed by atoms with Gasteiger partial charge in [0.15, 0.2) is 0 Å². The minimum absolute atomic E-state index is 0.307. The van der Waals surface area contributed by atoms with Crippen molar-refractivity contribution >= 4 is 34.5 Å². The fourth-order valence-electron chi connectivity index (χ4n) is 1.67. The standard InChI is InChI=1S/C12H17Cl2NS/c1-3-5-6-7-10(15-4-2)9-8-11(13)16-12(9)14/h3,8,10,15H,1,4-7H2,2H3. The molecule has 1 heterocycles. The fraction of sp³-hybridized carbons (Fsp3) is 0.500. The lowest BCUT2D eigenvalue weighted by Crippen LogP contribution is -2.20. The molecule has 1 rings (SSSR count). The van der Waals surface area contributed by atoms with E-state index in [2.05, 4.69) is 18.8 Å². The second kappa shape index (κ2) is 7.33. The van der Waals surface area contributed by atoms with E-state index in [1.165, 1.54) is 11.3 Å². The Morgan fingerprint density at radius 1 is 1.56 bits per heavy atom. The van der Waals surface area contributed by atoms with Gasteiger partial charge in [0.25, 0.3) is 0 Å². The van der Waals surface area contributed by atoms with E-state index in [1.54, 1.807) is 0 Å². The largest absolute Gasteiger partial charge is 0.310 e. The van der Waals surface area contributed by atoms with Crippen molar-refractivity contribution in [3.8, 4) is 0 Å². The van der Waals surface area contributed by atoms with Crippen molar-refractivity contribution < 1.29 is 0 Å². The third-order valence-corrected chi connectivity index (χ3v) is 3.93. The molecule has 16 heavy (non-hydrogen) atoms. The summed E-state index contributed by atoms with van der Waals surface area (Å²) in [6.45, 7) is 6.77. The molecule has 0 saturated heterocycles. The Hall–Kier alpha value is -0.0200. The minimum atomic E-state index is 0.307. The molecule has 1 aromatic heterocycles. The zero-order chi connectivity index (χ0) is 12.0. The lowest BCUT2D eigenvalue weighted by Gasteiger charge is -2.16. The molecule has 0 saturated carbocycles. The smallest absolute Gasteiger partial charge is 0.0991 e. The van der Waals surface area contributed by atoms with Crippen LogP contribution in [0.2, 0.25) is 8.67 Å². The van der Waals surface area contributed by atoms with E-state index in [9.17, 15) is 0 Å². The summed E-state index contributed by atoms with van der Waals surface area (Å²) in [4.78, 5) is 0. The van der Waals surface area contributed by atoms with Gasteiger partial charge in [-0.1, -0.05) is 36.2 Å². The van der Waals surface area contributed by atoms with Crippen LogP contribution < -0.4 is 5.32 Å². The molecule has 0 radical (unpaired) electrons. The monoisotopic (exact) mass is 277 g/mol. The van der Waals surface area contributed by atoms with Gasteiger partial charge < -0.3 is 5.32 Å². The molecule has 0 bridgehead atoms. The molecule has 0 aliphatic rings. The number of hydrogen-bond acceptors (Lipinski definition) is 2. The summed E-state index contributed by atoms with van der Waals surface area (Å²) < 4.78 is 1.56. The molecule has 0 aromatic carbocycles. The summed E-state index contributed by atoms with van der Waals surface area (Å²) in [6.07, 6.45) is 5.17. The Balaban J connectivity index is 2.68. The van der Waals surface area contributed by atoms with Gasteiger partial charge in [-0.3, -0.25) is 0 Å². The van der Waals surface area contributed by atoms with Gasteiger partial charge in [0.1, 0.15) is 0 Å². The third kappa shape index (κ3) is 4.10. The summed E-state index contributed by atoms with van der Waals surface area (Å²) in [5.41, 5.74) is 1.13. The van der Waals surface area contributed by atoms with Crippen LogP contribution >= 0.6 is 34.5 Å². The molecule has 1 aromatic rings. The molecule has 0 amide bonds. The van der Waals surface area contributed by atoms with Crippen LogP contribution in [0.4, 0.5) is 0 Å². The first-order valence-electron chi connectivity index (χ1n) is 5.48. The molecule has 0 spiro atoms. The van der Waals surface area contributed by atoms with Gasteiger partial charge in [0.05, 0.1) is 8.67 Å². The van der Waals surface area contributed by atoms with Crippen molar-refractivity contribution in [2.24, 2.45) is 0 Å². The molecule has 1 N–H and O–H groups in total. The van der Waals surface area contributed by atoms with Crippen molar-refractivity contribution in [3.63, 3.8) is 0 Å². The molecule has 0 fully saturated rings. The highest BCUT2D eigenvalue weighted by atomic mass is 35.5. The molecule has 1 atom stereocenters. The van der Waals surface area contributed by atoms with Gasteiger partial charge in [-0.25, -0.2) is 0 Å². The number of unbranched alkanes of at least 4 members (excludes halogenated alkanes) is 1. The van der Waals surface area contributed by atoms with Crippen LogP contribution in [-0.4, -0.2) is 6.54 Å². The second-order valence-corrected chi connectivity index (χ2v) is 5.89. The zero-order valence-electron chi connectivity index (χ0n) is 9.43. The highest BCUT2D eigenvalue weighted by molar-refractivity contribution is 7.20. The molecule has 4 heteroatoms. The van der Waals surface area contributed by atoms with Gasteiger partial charge in [-0.15, -0.1) is 17.9 Å². The van der Waals surface area contributed by atoms with Gasteiger partial charge in [-0.05, 0) is 31.9 Å². The summed E-state index contributed by atoms with van der Waals surface area (Å²) >= 11 is 13.6. The van der Waals surface area contributed by atoms with Crippen molar-refractivity contribution in [2.75, 3.05) is 6.54 Å². The molecule has 1 unspecified atom stereocenters. The summed E-state index contributed by atoms with van der Waals surface area (Å²) in [5, 5.41) is 3.44. The SMILES string of the molecule is C=CCCCC(NCC)c1cc(Cl)sc1Cl. The average Bonchev–Trinajstić information content (AvgIpc) is 2.57. The number of rotatable bonds is 7. The first-order chi connectivity index (χ1) is 7.69. The van der Waals surface area contributed by atoms with E-state index in [4.69, 9.17) is 23.2 Å². The number of allylic oxidation sites excluding steroid dienone is 1. The Bertz CT molecular complexity index is 336. The van der Waals surface area contributed by atoms with Crippen LogP contribution in [0.25, 0.3) is 0 Å². The van der Waals surface area contributed by atoms with Crippen LogP contribution in [0.3, 0.4) is 0 Å². The first kappa shape index (κ1) is 14.0. The van der Waals surface area contributed by atoms with E-state index in [1.807, 2.05) is 12.1 Å². The maximum absolute atomic E-state index is 6.16. The lowest BCUT2D eigenvalue weighted by molar-refractivity contribution is 0.501. The number of nitrogens with one attached hydrogen (secondary N) is 1. The van der Waals surface area contributed by atoms with Crippen LogP contribution in [0.1, 0.15) is 37.8 Å². The molecule has 0 aliphatic heterocycles. The van der Waals surface area contributed by atoms with Crippen LogP contribution in [0.5, 0.6) is 0 Å². The quantitative estimate of drug-likeness (QED) is 0.543. The molecule has 1 nitrogen and oxygen atoms in total. The molecule has 0 aliphatic carbocycles. The number of halogens is 2. The van der Waals surface area contributed by atoms with Gasteiger partial charge >= 0.3 is 0 Å². The van der Waals surface area contributed by atoms with Crippen LogP contribution in [-0.2, 0) is 0 Å². The van der Waals surface area contributed by atoms with Crippen molar-refractivity contribution in [1.82, 2.24) is 5.32 Å². The van der Waals surface area contributed by atoms with Gasteiger partial charge in [0.2, 0.25) is 0 Å². The minimum Gasteiger partial charge on any atom is -0.310 e. The van der Waals surface area contributed by atoms with Crippen molar-refractivity contribution in [3.05, 3.63) is 33.0 Å². The highest BCUT2D eigenvalue weighted by Crippen LogP contribution is 2.36. The number of hydrogen-bond donors (Lipinski definition) is 1. The maximum atomic E-state index is 6.16. The topological polar surface area (TPSA) is 12.0 Å². The zero-order valence-corrected chi connectivity index (χ0v) is 11.8. The van der Waals surface area contributed by atoms with Crippen LogP contribution in [0.15, 0.2) is 18.7 Å². The number of thiophene rings is 1. The average molecular weight is 278 g/mol. The van der Waals surface area contributed by atoms with Crippen molar-refractivity contribution in [2.45, 2.75) is 32.2 Å². The molecular formula is C12H17Cl2NS. The van der Waals surface area contributed by atoms with Gasteiger partial charge in [-0.2, -0.15) is 0 Å². The Labute approximate surface area is 111 Å². The first-order valence-corrected chi connectivity index (χ1v) is 7.05. The second-order valence-electron chi connectivity index (χ2n) is 3.61. The van der Waals surface area contributed by atoms with E-state index < -0.39 is 0 Å². The predicted molar refractivity (Wildman–Crippen MR) is 74.8 cm³/mol. The fourth-order valence-corrected chi connectivity index (χ4v) is 3.25. The van der Waals surface area contributed by atoms with E-state index in [0.717, 1.165) is 40.0 Å². The third-order valence-electron chi connectivity index (χ3n) is 2.41. The Morgan fingerprint density at radius 3 is 2.81 bits per heavy atom. The summed E-state index contributed by atoms with van der Waals surface area (Å²) in [6, 6.07) is 2.27.